The predicted octanol–water partition coefficient (Wildman–Crippen LogP) is 2.25. The number of ether oxygens (including phenoxy) is 2. The Morgan fingerprint density at radius 3 is 2.48 bits per heavy atom. The third kappa shape index (κ3) is 8.33. The van der Waals surface area contributed by atoms with E-state index in [1.165, 1.54) is 22.6 Å². The van der Waals surface area contributed by atoms with E-state index >= 15 is 0 Å². The van der Waals surface area contributed by atoms with E-state index in [-0.39, 0.29) is 23.1 Å². The quantitative estimate of drug-likeness (QED) is 0.539. The van der Waals surface area contributed by atoms with Gasteiger partial charge in [-0.05, 0) is 52.0 Å². The molecule has 1 fully saturated rings. The van der Waals surface area contributed by atoms with Gasteiger partial charge in [-0.3, -0.25) is 4.79 Å². The summed E-state index contributed by atoms with van der Waals surface area (Å²) in [5.41, 5.74) is -0.555. The average molecular weight is 458 g/mol. The van der Waals surface area contributed by atoms with Gasteiger partial charge in [0.25, 0.3) is 0 Å². The van der Waals surface area contributed by atoms with E-state index in [4.69, 9.17) is 14.6 Å². The van der Waals surface area contributed by atoms with Gasteiger partial charge in [0, 0.05) is 32.1 Å². The number of carbonyl (C=O) groups is 2. The third-order valence-corrected chi connectivity index (χ3v) is 6.51. The second-order valence-corrected chi connectivity index (χ2v) is 10.3. The second kappa shape index (κ2) is 10.8. The van der Waals surface area contributed by atoms with Crippen molar-refractivity contribution in [1.29, 1.82) is 0 Å². The van der Waals surface area contributed by atoms with E-state index in [0.29, 0.717) is 45.5 Å². The number of aliphatic carboxylic acids is 1. The number of carboxylic acids is 1. The molecule has 0 bridgehead atoms. The van der Waals surface area contributed by atoms with Crippen LogP contribution in [0, 0.1) is 5.92 Å². The molecule has 1 aliphatic heterocycles. The van der Waals surface area contributed by atoms with Crippen LogP contribution in [0.15, 0.2) is 23.2 Å². The molecule has 31 heavy (non-hydrogen) atoms. The summed E-state index contributed by atoms with van der Waals surface area (Å²) in [7, 11) is -3.68. The summed E-state index contributed by atoms with van der Waals surface area (Å²) in [6, 6.07) is 2.94. The maximum Gasteiger partial charge on any atom is 0.407 e. The first-order valence-electron chi connectivity index (χ1n) is 10.2. The number of nitrogens with one attached hydrogen (secondary N) is 1. The number of carbonyl (C=O) groups excluding carboxylic acids is 1. The Kier molecular flexibility index (Phi) is 8.63. The van der Waals surface area contributed by atoms with Crippen LogP contribution in [0.1, 0.15) is 46.5 Å². The van der Waals surface area contributed by atoms with Crippen molar-refractivity contribution in [3.63, 3.8) is 0 Å². The van der Waals surface area contributed by atoms with Crippen LogP contribution in [0.3, 0.4) is 0 Å². The molecule has 0 aliphatic carbocycles. The molecule has 2 N–H and O–H groups in total. The molecule has 174 valence electrons. The van der Waals surface area contributed by atoms with Crippen LogP contribution < -0.4 is 10.1 Å². The molecule has 10 nitrogen and oxygen atoms in total. The lowest BCUT2D eigenvalue weighted by Gasteiger charge is -2.30. The van der Waals surface area contributed by atoms with Crippen molar-refractivity contribution in [2.24, 2.45) is 5.92 Å². The van der Waals surface area contributed by atoms with Crippen molar-refractivity contribution >= 4 is 22.1 Å². The number of carboxylic acid groups (broad SMARTS) is 1. The molecule has 2 rings (SSSR count). The number of aromatic nitrogens is 1. The average Bonchev–Trinajstić information content (AvgIpc) is 2.66. The Morgan fingerprint density at radius 2 is 1.94 bits per heavy atom. The SMILES string of the molecule is CC(C)(C)OC(=O)NCCCOc1ccc(S(=O)(=O)N2CCC(CC(=O)O)CC2)cn1. The molecule has 1 aliphatic rings. The fourth-order valence-electron chi connectivity index (χ4n) is 3.11. The molecular formula is C20H31N3O7S. The summed E-state index contributed by atoms with van der Waals surface area (Å²) in [5.74, 6) is -0.569. The number of pyridine rings is 1. The maximum atomic E-state index is 12.8. The molecule has 1 aromatic heterocycles. The van der Waals surface area contributed by atoms with E-state index in [1.807, 2.05) is 0 Å². The summed E-state index contributed by atoms with van der Waals surface area (Å²) in [4.78, 5) is 26.5. The van der Waals surface area contributed by atoms with Gasteiger partial charge in [-0.1, -0.05) is 0 Å². The Hall–Kier alpha value is -2.40. The highest BCUT2D eigenvalue weighted by Gasteiger charge is 2.30. The van der Waals surface area contributed by atoms with Crippen LogP contribution in [-0.4, -0.2) is 66.7 Å². The Labute approximate surface area is 183 Å². The molecule has 0 spiro atoms. The van der Waals surface area contributed by atoms with Gasteiger partial charge in [0.2, 0.25) is 15.9 Å². The smallest absolute Gasteiger partial charge is 0.407 e. The molecule has 0 saturated carbocycles. The van der Waals surface area contributed by atoms with Crippen LogP contribution >= 0.6 is 0 Å². The summed E-state index contributed by atoms with van der Waals surface area (Å²) in [6.07, 6.45) is 2.41. The van der Waals surface area contributed by atoms with Crippen LogP contribution in [0.25, 0.3) is 0 Å². The largest absolute Gasteiger partial charge is 0.481 e. The number of hydrogen-bond donors (Lipinski definition) is 2. The molecule has 2 heterocycles. The van der Waals surface area contributed by atoms with Crippen molar-refractivity contribution in [1.82, 2.24) is 14.6 Å². The van der Waals surface area contributed by atoms with Crippen molar-refractivity contribution in [3.05, 3.63) is 18.3 Å². The predicted molar refractivity (Wildman–Crippen MR) is 112 cm³/mol. The van der Waals surface area contributed by atoms with E-state index in [1.54, 1.807) is 20.8 Å². The summed E-state index contributed by atoms with van der Waals surface area (Å²) >= 11 is 0. The number of nitrogens with zero attached hydrogens (tertiary/aromatic N) is 2. The highest BCUT2D eigenvalue weighted by Crippen LogP contribution is 2.26. The van der Waals surface area contributed by atoms with Gasteiger partial charge in [0.15, 0.2) is 0 Å². The van der Waals surface area contributed by atoms with Crippen LogP contribution in [0.5, 0.6) is 5.88 Å². The zero-order chi connectivity index (χ0) is 23.1. The zero-order valence-electron chi connectivity index (χ0n) is 18.2. The van der Waals surface area contributed by atoms with Gasteiger partial charge in [0.05, 0.1) is 12.8 Å². The monoisotopic (exact) mass is 457 g/mol. The zero-order valence-corrected chi connectivity index (χ0v) is 19.0. The first-order valence-corrected chi connectivity index (χ1v) is 11.7. The molecule has 1 saturated heterocycles. The van der Waals surface area contributed by atoms with Gasteiger partial charge in [-0.25, -0.2) is 18.2 Å². The van der Waals surface area contributed by atoms with Crippen molar-refractivity contribution in [2.75, 3.05) is 26.2 Å². The Morgan fingerprint density at radius 1 is 1.26 bits per heavy atom. The molecule has 1 aromatic rings. The lowest BCUT2D eigenvalue weighted by Crippen LogP contribution is -2.38. The van der Waals surface area contributed by atoms with Gasteiger partial charge in [-0.2, -0.15) is 4.31 Å². The standard InChI is InChI=1S/C20H31N3O7S/c1-20(2,3)30-19(26)21-9-4-12-29-17-6-5-16(14-22-17)31(27,28)23-10-7-15(8-11-23)13-18(24)25/h5-6,14-15H,4,7-13H2,1-3H3,(H,21,26)(H,24,25). The number of piperidine rings is 1. The third-order valence-electron chi connectivity index (χ3n) is 4.62. The first kappa shape index (κ1) is 24.9. The fourth-order valence-corrected chi connectivity index (χ4v) is 4.52. The molecular weight excluding hydrogens is 426 g/mol. The normalized spacial score (nSPS) is 16.0. The molecule has 0 unspecified atom stereocenters. The summed E-state index contributed by atoms with van der Waals surface area (Å²) < 4.78 is 37.5. The van der Waals surface area contributed by atoms with Gasteiger partial charge in [-0.15, -0.1) is 0 Å². The van der Waals surface area contributed by atoms with Crippen molar-refractivity contribution in [3.8, 4) is 5.88 Å². The van der Waals surface area contributed by atoms with Crippen LogP contribution in [0.4, 0.5) is 4.79 Å². The lowest BCUT2D eigenvalue weighted by atomic mass is 9.95. The van der Waals surface area contributed by atoms with E-state index in [2.05, 4.69) is 10.3 Å². The Balaban J connectivity index is 1.77. The molecule has 11 heteroatoms. The molecule has 0 radical (unpaired) electrons. The van der Waals surface area contributed by atoms with Gasteiger partial charge < -0.3 is 19.9 Å². The number of amides is 1. The van der Waals surface area contributed by atoms with Crippen molar-refractivity contribution in [2.45, 2.75) is 57.0 Å². The van der Waals surface area contributed by atoms with Crippen LogP contribution in [-0.2, 0) is 19.6 Å². The number of sulfonamides is 1. The molecule has 0 atom stereocenters. The van der Waals surface area contributed by atoms with Crippen molar-refractivity contribution < 1.29 is 32.6 Å². The first-order chi connectivity index (χ1) is 14.5. The fraction of sp³-hybridized carbons (Fsp3) is 0.650. The summed E-state index contributed by atoms with van der Waals surface area (Å²) in [5, 5.41) is 11.5. The van der Waals surface area contributed by atoms with E-state index in [0.717, 1.165) is 0 Å². The topological polar surface area (TPSA) is 135 Å². The highest BCUT2D eigenvalue weighted by atomic mass is 32.2. The number of hydrogen-bond acceptors (Lipinski definition) is 7. The Bertz CT molecular complexity index is 843. The number of rotatable bonds is 9. The minimum absolute atomic E-state index is 0.00246. The summed E-state index contributed by atoms with van der Waals surface area (Å²) in [6.45, 7) is 6.61. The maximum absolute atomic E-state index is 12.8. The van der Waals surface area contributed by atoms with Gasteiger partial charge in [0.1, 0.15) is 10.5 Å². The van der Waals surface area contributed by atoms with E-state index in [9.17, 15) is 18.0 Å². The van der Waals surface area contributed by atoms with Crippen LogP contribution in [0.2, 0.25) is 0 Å². The molecule has 1 amide bonds. The second-order valence-electron chi connectivity index (χ2n) is 8.41. The minimum Gasteiger partial charge on any atom is -0.481 e. The van der Waals surface area contributed by atoms with Gasteiger partial charge >= 0.3 is 12.1 Å². The number of alkyl carbamates (subject to hydrolysis) is 1. The molecule has 0 aromatic carbocycles. The lowest BCUT2D eigenvalue weighted by molar-refractivity contribution is -0.138. The highest BCUT2D eigenvalue weighted by molar-refractivity contribution is 7.89. The van der Waals surface area contributed by atoms with E-state index < -0.39 is 27.7 Å². The minimum atomic E-state index is -3.68.